The molecule has 2 aromatic heterocycles. The topological polar surface area (TPSA) is 25.8 Å². The van der Waals surface area contributed by atoms with Crippen molar-refractivity contribution in [2.45, 2.75) is 31.9 Å². The fourth-order valence-corrected chi connectivity index (χ4v) is 1.99. The Morgan fingerprint density at radius 3 is 2.94 bits per heavy atom. The van der Waals surface area contributed by atoms with Gasteiger partial charge in [-0.15, -0.1) is 0 Å². The summed E-state index contributed by atoms with van der Waals surface area (Å²) in [6.45, 7) is 2.06. The van der Waals surface area contributed by atoms with Crippen LogP contribution in [-0.2, 0) is 12.1 Å². The monoisotopic (exact) mass is 216 g/mol. The molecule has 3 rings (SSSR count). The number of hydrogen-bond donors (Lipinski definition) is 0. The van der Waals surface area contributed by atoms with E-state index in [-0.39, 0.29) is 0 Å². The summed E-state index contributed by atoms with van der Waals surface area (Å²) in [6.07, 6.45) is 3.83. The van der Waals surface area contributed by atoms with E-state index in [4.69, 9.17) is 0 Å². The zero-order valence-corrected chi connectivity index (χ0v) is 9.20. The molecule has 0 radical (unpaired) electrons. The third kappa shape index (κ3) is 1.39. The largest absolute Gasteiger partial charge is 0.254 e. The van der Waals surface area contributed by atoms with Crippen LogP contribution in [0.4, 0.5) is 4.39 Å². The van der Waals surface area contributed by atoms with Crippen LogP contribution >= 0.6 is 0 Å². The van der Waals surface area contributed by atoms with Gasteiger partial charge in [0.2, 0.25) is 0 Å². The van der Waals surface area contributed by atoms with Gasteiger partial charge in [-0.25, -0.2) is 9.37 Å². The molecular formula is C13H13FN2. The Kier molecular flexibility index (Phi) is 1.96. The molecule has 2 nitrogen and oxygen atoms in total. The number of aromatic nitrogens is 2. The van der Waals surface area contributed by atoms with E-state index < -0.39 is 5.67 Å². The molecule has 1 fully saturated rings. The number of nitrogens with zero attached hydrogens (tertiary/aromatic N) is 2. The molecule has 1 saturated carbocycles. The van der Waals surface area contributed by atoms with Crippen molar-refractivity contribution < 1.29 is 4.39 Å². The maximum Gasteiger partial charge on any atom is 0.153 e. The van der Waals surface area contributed by atoms with Crippen molar-refractivity contribution in [3.05, 3.63) is 35.7 Å². The molecule has 0 bridgehead atoms. The van der Waals surface area contributed by atoms with Crippen molar-refractivity contribution in [3.8, 4) is 0 Å². The van der Waals surface area contributed by atoms with Crippen LogP contribution in [0, 0.1) is 0 Å². The Morgan fingerprint density at radius 1 is 1.44 bits per heavy atom. The Bertz CT molecular complexity index is 547. The van der Waals surface area contributed by atoms with Crippen LogP contribution in [0.25, 0.3) is 11.0 Å². The van der Waals surface area contributed by atoms with E-state index in [9.17, 15) is 4.39 Å². The average molecular weight is 216 g/mol. The summed E-state index contributed by atoms with van der Waals surface area (Å²) in [5.41, 5.74) is 2.22. The molecule has 0 aromatic carbocycles. The highest BCUT2D eigenvalue weighted by atomic mass is 19.1. The molecule has 0 aliphatic heterocycles. The highest BCUT2D eigenvalue weighted by molar-refractivity contribution is 5.78. The van der Waals surface area contributed by atoms with Gasteiger partial charge in [0.05, 0.1) is 16.7 Å². The van der Waals surface area contributed by atoms with Crippen molar-refractivity contribution in [1.82, 2.24) is 9.97 Å². The van der Waals surface area contributed by atoms with Crippen molar-refractivity contribution in [2.75, 3.05) is 0 Å². The predicted molar refractivity (Wildman–Crippen MR) is 60.9 cm³/mol. The van der Waals surface area contributed by atoms with Gasteiger partial charge in [-0.3, -0.25) is 4.98 Å². The Labute approximate surface area is 93.5 Å². The first kappa shape index (κ1) is 9.70. The quantitative estimate of drug-likeness (QED) is 0.770. The minimum atomic E-state index is -1.16. The van der Waals surface area contributed by atoms with Gasteiger partial charge in [0.15, 0.2) is 5.67 Å². The Hall–Kier alpha value is -1.51. The normalized spacial score (nSPS) is 17.6. The molecule has 0 amide bonds. The van der Waals surface area contributed by atoms with Crippen molar-refractivity contribution in [3.63, 3.8) is 0 Å². The summed E-state index contributed by atoms with van der Waals surface area (Å²) in [5, 5.41) is 0. The molecule has 82 valence electrons. The third-order valence-corrected chi connectivity index (χ3v) is 3.17. The smallest absolute Gasteiger partial charge is 0.153 e. The summed E-state index contributed by atoms with van der Waals surface area (Å²) in [4.78, 5) is 8.69. The van der Waals surface area contributed by atoms with E-state index in [0.717, 1.165) is 23.0 Å². The van der Waals surface area contributed by atoms with Crippen LogP contribution < -0.4 is 0 Å². The molecule has 0 unspecified atom stereocenters. The number of aryl methyl sites for hydroxylation is 1. The highest BCUT2D eigenvalue weighted by Gasteiger charge is 2.46. The van der Waals surface area contributed by atoms with E-state index >= 15 is 0 Å². The fraction of sp³-hybridized carbons (Fsp3) is 0.385. The highest BCUT2D eigenvalue weighted by Crippen LogP contribution is 2.49. The molecule has 16 heavy (non-hydrogen) atoms. The summed E-state index contributed by atoms with van der Waals surface area (Å²) in [7, 11) is 0. The van der Waals surface area contributed by atoms with Crippen LogP contribution in [-0.4, -0.2) is 9.97 Å². The molecule has 0 N–H and O–H groups in total. The average Bonchev–Trinajstić information content (AvgIpc) is 3.07. The predicted octanol–water partition coefficient (Wildman–Crippen LogP) is 3.15. The van der Waals surface area contributed by atoms with Crippen molar-refractivity contribution in [1.29, 1.82) is 0 Å². The van der Waals surface area contributed by atoms with Crippen LogP contribution in [0.2, 0.25) is 0 Å². The Balaban J connectivity index is 2.26. The van der Waals surface area contributed by atoms with Gasteiger partial charge in [0.1, 0.15) is 0 Å². The lowest BCUT2D eigenvalue weighted by Crippen LogP contribution is -2.04. The molecule has 0 spiro atoms. The van der Waals surface area contributed by atoms with E-state index in [1.807, 2.05) is 18.2 Å². The first-order valence-electron chi connectivity index (χ1n) is 5.67. The second kappa shape index (κ2) is 3.24. The molecule has 2 heterocycles. The SMILES string of the molecule is CCc1cc(C2(F)CC2)nc2cccnc12. The van der Waals surface area contributed by atoms with Gasteiger partial charge in [-0.05, 0) is 43.0 Å². The lowest BCUT2D eigenvalue weighted by atomic mass is 10.1. The van der Waals surface area contributed by atoms with Crippen LogP contribution in [0.1, 0.15) is 31.0 Å². The molecule has 0 saturated heterocycles. The molecule has 1 aliphatic rings. The molecule has 2 aromatic rings. The number of halogens is 1. The van der Waals surface area contributed by atoms with E-state index in [1.165, 1.54) is 0 Å². The van der Waals surface area contributed by atoms with E-state index in [2.05, 4.69) is 16.9 Å². The number of hydrogen-bond acceptors (Lipinski definition) is 2. The lowest BCUT2D eigenvalue weighted by Gasteiger charge is -2.09. The number of pyridine rings is 2. The minimum Gasteiger partial charge on any atom is -0.254 e. The van der Waals surface area contributed by atoms with Crippen molar-refractivity contribution >= 4 is 11.0 Å². The Morgan fingerprint density at radius 2 is 2.25 bits per heavy atom. The van der Waals surface area contributed by atoms with Crippen LogP contribution in [0.3, 0.4) is 0 Å². The second-order valence-electron chi connectivity index (χ2n) is 4.36. The minimum absolute atomic E-state index is 0.588. The first-order chi connectivity index (χ1) is 7.73. The summed E-state index contributed by atoms with van der Waals surface area (Å²) < 4.78 is 14.0. The summed E-state index contributed by atoms with van der Waals surface area (Å²) >= 11 is 0. The molecule has 3 heteroatoms. The maximum absolute atomic E-state index is 14.0. The zero-order valence-electron chi connectivity index (χ0n) is 9.20. The van der Waals surface area contributed by atoms with E-state index in [1.54, 1.807) is 6.20 Å². The van der Waals surface area contributed by atoms with E-state index in [0.29, 0.717) is 18.5 Å². The third-order valence-electron chi connectivity index (χ3n) is 3.17. The zero-order chi connectivity index (χ0) is 11.2. The molecule has 0 atom stereocenters. The van der Waals surface area contributed by atoms with Gasteiger partial charge in [-0.2, -0.15) is 0 Å². The summed E-state index contributed by atoms with van der Waals surface area (Å²) in [6, 6.07) is 5.62. The standard InChI is InChI=1S/C13H13FN2/c1-2-9-8-11(13(14)5-6-13)16-10-4-3-7-15-12(9)10/h3-4,7-8H,2,5-6H2,1H3. The maximum atomic E-state index is 14.0. The first-order valence-corrected chi connectivity index (χ1v) is 5.67. The molecule has 1 aliphatic carbocycles. The number of rotatable bonds is 2. The number of alkyl halides is 1. The second-order valence-corrected chi connectivity index (χ2v) is 4.36. The van der Waals surface area contributed by atoms with Gasteiger partial charge < -0.3 is 0 Å². The lowest BCUT2D eigenvalue weighted by molar-refractivity contribution is 0.310. The number of fused-ring (bicyclic) bond motifs is 1. The van der Waals surface area contributed by atoms with Crippen LogP contribution in [0.15, 0.2) is 24.4 Å². The summed E-state index contributed by atoms with van der Waals surface area (Å²) in [5.74, 6) is 0. The van der Waals surface area contributed by atoms with Crippen molar-refractivity contribution in [2.24, 2.45) is 0 Å². The van der Waals surface area contributed by atoms with Crippen LogP contribution in [0.5, 0.6) is 0 Å². The van der Waals surface area contributed by atoms with Gasteiger partial charge in [0, 0.05) is 6.20 Å². The fourth-order valence-electron chi connectivity index (χ4n) is 1.99. The molecular weight excluding hydrogens is 203 g/mol. The van der Waals surface area contributed by atoms with Gasteiger partial charge in [0.25, 0.3) is 0 Å². The van der Waals surface area contributed by atoms with Gasteiger partial charge in [-0.1, -0.05) is 6.92 Å². The van der Waals surface area contributed by atoms with Gasteiger partial charge >= 0.3 is 0 Å².